The Morgan fingerprint density at radius 2 is 1.90 bits per heavy atom. The molecule has 2 heterocycles. The van der Waals surface area contributed by atoms with Gasteiger partial charge in [0, 0.05) is 28.6 Å². The largest absolute Gasteiger partial charge is 0.508 e. The van der Waals surface area contributed by atoms with Crippen molar-refractivity contribution in [1.82, 2.24) is 10.3 Å². The predicted octanol–water partition coefficient (Wildman–Crippen LogP) is 3.08. The van der Waals surface area contributed by atoms with Gasteiger partial charge >= 0.3 is 0 Å². The number of rotatable bonds is 2. The zero-order valence-corrected chi connectivity index (χ0v) is 12.2. The van der Waals surface area contributed by atoms with Gasteiger partial charge in [-0.1, -0.05) is 18.2 Å². The summed E-state index contributed by atoms with van der Waals surface area (Å²) in [7, 11) is 0. The van der Waals surface area contributed by atoms with E-state index >= 15 is 0 Å². The Kier molecular flexibility index (Phi) is 3.66. The molecule has 0 bridgehead atoms. The summed E-state index contributed by atoms with van der Waals surface area (Å²) >= 11 is 1.45. The molecule has 2 N–H and O–H groups in total. The summed E-state index contributed by atoms with van der Waals surface area (Å²) in [6.07, 6.45) is 3.45. The van der Waals surface area contributed by atoms with E-state index in [-0.39, 0.29) is 11.7 Å². The number of carbonyl (C=O) groups excluding carboxylic acids is 1. The third-order valence-corrected chi connectivity index (χ3v) is 4.77. The number of nitrogens with zero attached hydrogens (tertiary/aromatic N) is 1. The molecule has 4 nitrogen and oxygen atoms in total. The van der Waals surface area contributed by atoms with E-state index in [4.69, 9.17) is 0 Å². The number of aromatic hydroxyl groups is 1. The summed E-state index contributed by atoms with van der Waals surface area (Å²) in [5.74, 6) is 0.0237. The number of aromatic nitrogens is 1. The maximum absolute atomic E-state index is 12.2. The molecule has 1 aromatic carbocycles. The van der Waals surface area contributed by atoms with E-state index in [1.165, 1.54) is 11.8 Å². The van der Waals surface area contributed by atoms with Crippen LogP contribution >= 0.6 is 11.8 Å². The summed E-state index contributed by atoms with van der Waals surface area (Å²) in [6, 6.07) is 10.8. The van der Waals surface area contributed by atoms with Crippen LogP contribution in [-0.4, -0.2) is 16.0 Å². The van der Waals surface area contributed by atoms with Crippen LogP contribution in [-0.2, 0) is 4.79 Å². The second-order valence-corrected chi connectivity index (χ2v) is 5.85. The molecule has 1 atom stereocenters. The zero-order chi connectivity index (χ0) is 14.8. The Bertz CT molecular complexity index is 713. The number of phenolic OH excluding ortho intramolecular Hbond substituents is 1. The number of carbonyl (C=O) groups is 1. The van der Waals surface area contributed by atoms with Gasteiger partial charge in [-0.05, 0) is 30.7 Å². The maximum atomic E-state index is 12.2. The van der Waals surface area contributed by atoms with Gasteiger partial charge in [-0.25, -0.2) is 0 Å². The molecule has 0 saturated carbocycles. The summed E-state index contributed by atoms with van der Waals surface area (Å²) in [4.78, 5) is 17.2. The van der Waals surface area contributed by atoms with Gasteiger partial charge in [0.2, 0.25) is 5.91 Å². The highest BCUT2D eigenvalue weighted by Crippen LogP contribution is 2.46. The number of hydrogen-bond acceptors (Lipinski definition) is 4. The summed E-state index contributed by atoms with van der Waals surface area (Å²) in [5.41, 5.74) is 2.45. The van der Waals surface area contributed by atoms with E-state index in [0.29, 0.717) is 5.56 Å². The van der Waals surface area contributed by atoms with Crippen LogP contribution < -0.4 is 5.32 Å². The van der Waals surface area contributed by atoms with E-state index in [9.17, 15) is 9.90 Å². The zero-order valence-electron chi connectivity index (χ0n) is 11.4. The molecular formula is C16H14N2O2S. The molecule has 0 radical (unpaired) electrons. The lowest BCUT2D eigenvalue weighted by molar-refractivity contribution is -0.120. The molecule has 3 rings (SSSR count). The van der Waals surface area contributed by atoms with Crippen molar-refractivity contribution in [3.8, 4) is 5.75 Å². The molecule has 106 valence electrons. The minimum absolute atomic E-state index is 0.114. The van der Waals surface area contributed by atoms with Gasteiger partial charge in [0.05, 0.1) is 0 Å². The highest BCUT2D eigenvalue weighted by atomic mass is 32.2. The Balaban J connectivity index is 2.00. The van der Waals surface area contributed by atoms with Gasteiger partial charge in [-0.15, -0.1) is 11.8 Å². The molecule has 0 aliphatic carbocycles. The topological polar surface area (TPSA) is 62.2 Å². The van der Waals surface area contributed by atoms with E-state index in [1.54, 1.807) is 30.6 Å². The summed E-state index contributed by atoms with van der Waals surface area (Å²) in [5, 5.41) is 12.4. The Morgan fingerprint density at radius 3 is 2.62 bits per heavy atom. The van der Waals surface area contributed by atoms with Crippen molar-refractivity contribution >= 4 is 22.6 Å². The molecule has 21 heavy (non-hydrogen) atoms. The minimum Gasteiger partial charge on any atom is -0.508 e. The Hall–Kier alpha value is -2.27. The van der Waals surface area contributed by atoms with Crippen LogP contribution in [0, 0.1) is 0 Å². The number of hydrogen-bond donors (Lipinski definition) is 2. The van der Waals surface area contributed by atoms with Crippen LogP contribution in [0.1, 0.15) is 23.3 Å². The number of amides is 1. The number of nitrogens with one attached hydrogen (secondary N) is 1. The summed E-state index contributed by atoms with van der Waals surface area (Å²) in [6.45, 7) is 1.88. The quantitative estimate of drug-likeness (QED) is 0.894. The first-order chi connectivity index (χ1) is 10.2. The molecule has 0 spiro atoms. The number of benzene rings is 1. The smallest absolute Gasteiger partial charge is 0.242 e. The lowest BCUT2D eigenvalue weighted by Gasteiger charge is -2.26. The first kappa shape index (κ1) is 13.7. The lowest BCUT2D eigenvalue weighted by Crippen LogP contribution is -2.30. The number of para-hydroxylation sites is 1. The van der Waals surface area contributed by atoms with E-state index in [1.807, 2.05) is 25.1 Å². The van der Waals surface area contributed by atoms with Crippen molar-refractivity contribution in [1.29, 1.82) is 0 Å². The van der Waals surface area contributed by atoms with Gasteiger partial charge in [0.1, 0.15) is 11.0 Å². The van der Waals surface area contributed by atoms with Crippen molar-refractivity contribution in [2.45, 2.75) is 12.2 Å². The molecule has 0 saturated heterocycles. The first-order valence-corrected chi connectivity index (χ1v) is 7.41. The Labute approximate surface area is 126 Å². The molecule has 0 fully saturated rings. The highest BCUT2D eigenvalue weighted by molar-refractivity contribution is 8.09. The third kappa shape index (κ3) is 2.64. The third-order valence-electron chi connectivity index (χ3n) is 3.29. The van der Waals surface area contributed by atoms with Gasteiger partial charge in [-0.2, -0.15) is 0 Å². The molecular weight excluding hydrogens is 284 g/mol. The van der Waals surface area contributed by atoms with Crippen molar-refractivity contribution in [3.63, 3.8) is 0 Å². The SMILES string of the molecule is CC1=C(c2ccncc2)SC(c2ccccc2O)C(=O)N1. The van der Waals surface area contributed by atoms with Crippen molar-refractivity contribution in [2.24, 2.45) is 0 Å². The first-order valence-electron chi connectivity index (χ1n) is 6.53. The van der Waals surface area contributed by atoms with Gasteiger partial charge in [-0.3, -0.25) is 9.78 Å². The van der Waals surface area contributed by atoms with Gasteiger partial charge < -0.3 is 10.4 Å². The van der Waals surface area contributed by atoms with Crippen LogP contribution in [0.5, 0.6) is 5.75 Å². The maximum Gasteiger partial charge on any atom is 0.242 e. The lowest BCUT2D eigenvalue weighted by atomic mass is 10.1. The monoisotopic (exact) mass is 298 g/mol. The van der Waals surface area contributed by atoms with Crippen LogP contribution in [0.4, 0.5) is 0 Å². The fraction of sp³-hybridized carbons (Fsp3) is 0.125. The average molecular weight is 298 g/mol. The second-order valence-electron chi connectivity index (χ2n) is 4.74. The Morgan fingerprint density at radius 1 is 1.19 bits per heavy atom. The van der Waals surface area contributed by atoms with Crippen LogP contribution in [0.15, 0.2) is 54.5 Å². The van der Waals surface area contributed by atoms with Gasteiger partial charge in [0.25, 0.3) is 0 Å². The number of thioether (sulfide) groups is 1. The van der Waals surface area contributed by atoms with E-state index in [2.05, 4.69) is 10.3 Å². The number of pyridine rings is 1. The van der Waals surface area contributed by atoms with Gasteiger partial charge in [0.15, 0.2) is 0 Å². The fourth-order valence-electron chi connectivity index (χ4n) is 2.27. The molecule has 1 unspecified atom stereocenters. The molecule has 2 aromatic rings. The summed E-state index contributed by atoms with van der Waals surface area (Å²) < 4.78 is 0. The second kappa shape index (κ2) is 5.61. The number of allylic oxidation sites excluding steroid dienone is 1. The van der Waals surface area contributed by atoms with Crippen molar-refractivity contribution < 1.29 is 9.90 Å². The number of phenols is 1. The van der Waals surface area contributed by atoms with Crippen LogP contribution in [0.3, 0.4) is 0 Å². The van der Waals surface area contributed by atoms with Crippen molar-refractivity contribution in [3.05, 3.63) is 65.6 Å². The van der Waals surface area contributed by atoms with Crippen molar-refractivity contribution in [2.75, 3.05) is 0 Å². The van der Waals surface area contributed by atoms with Crippen LogP contribution in [0.25, 0.3) is 4.91 Å². The standard InChI is InChI=1S/C16H14N2O2S/c1-10-14(11-6-8-17-9-7-11)21-15(16(20)18-10)12-4-2-3-5-13(12)19/h2-9,15,19H,1H3,(H,18,20). The molecule has 1 amide bonds. The highest BCUT2D eigenvalue weighted by Gasteiger charge is 2.30. The molecule has 1 aromatic heterocycles. The fourth-order valence-corrected chi connectivity index (χ4v) is 3.50. The van der Waals surface area contributed by atoms with E-state index < -0.39 is 5.25 Å². The van der Waals surface area contributed by atoms with E-state index in [0.717, 1.165) is 16.2 Å². The molecule has 1 aliphatic heterocycles. The molecule has 5 heteroatoms. The predicted molar refractivity (Wildman–Crippen MR) is 83.4 cm³/mol. The van der Waals surface area contributed by atoms with Crippen LogP contribution in [0.2, 0.25) is 0 Å². The minimum atomic E-state index is -0.460. The molecule has 1 aliphatic rings. The normalized spacial score (nSPS) is 18.5. The average Bonchev–Trinajstić information content (AvgIpc) is 2.49.